The molecule has 30 heavy (non-hydrogen) atoms. The van der Waals surface area contributed by atoms with Gasteiger partial charge in [-0.3, -0.25) is 14.6 Å². The van der Waals surface area contributed by atoms with Crippen LogP contribution in [0.4, 0.5) is 11.4 Å². The van der Waals surface area contributed by atoms with Crippen LogP contribution in [0.25, 0.3) is 0 Å². The van der Waals surface area contributed by atoms with Gasteiger partial charge in [0.1, 0.15) is 5.71 Å². The van der Waals surface area contributed by atoms with E-state index in [1.165, 1.54) is 11.1 Å². The number of anilines is 1. The highest BCUT2D eigenvalue weighted by Gasteiger charge is 2.36. The topological polar surface area (TPSA) is 35.9 Å². The Morgan fingerprint density at radius 3 is 2.47 bits per heavy atom. The third-order valence-corrected chi connectivity index (χ3v) is 6.06. The van der Waals surface area contributed by atoms with E-state index in [0.717, 1.165) is 36.4 Å². The minimum Gasteiger partial charge on any atom is -0.293 e. The summed E-state index contributed by atoms with van der Waals surface area (Å²) in [4.78, 5) is 22.3. The Morgan fingerprint density at radius 1 is 0.933 bits per heavy atom. The Hall–Kier alpha value is -3.24. The summed E-state index contributed by atoms with van der Waals surface area (Å²) >= 11 is 0. The molecule has 0 N–H and O–H groups in total. The van der Waals surface area contributed by atoms with Crippen molar-refractivity contribution in [2.24, 2.45) is 4.99 Å². The van der Waals surface area contributed by atoms with Gasteiger partial charge in [-0.05, 0) is 43.0 Å². The Morgan fingerprint density at radius 2 is 1.67 bits per heavy atom. The van der Waals surface area contributed by atoms with Crippen molar-refractivity contribution in [2.75, 3.05) is 24.7 Å². The first kappa shape index (κ1) is 18.8. The summed E-state index contributed by atoms with van der Waals surface area (Å²) in [5.74, 6) is 0.514. The number of para-hydroxylation sites is 1. The summed E-state index contributed by atoms with van der Waals surface area (Å²) < 4.78 is 0. The average molecular weight is 396 g/mol. The maximum Gasteiger partial charge on any atom is 0.278 e. The summed E-state index contributed by atoms with van der Waals surface area (Å²) in [5, 5.41) is 0. The number of nitrogens with zero attached hydrogens (tertiary/aromatic N) is 3. The molecule has 1 saturated heterocycles. The number of carbonyl (C=O) groups is 1. The predicted molar refractivity (Wildman–Crippen MR) is 122 cm³/mol. The minimum absolute atomic E-state index is 0.0139. The number of hydrogen-bond donors (Lipinski definition) is 0. The summed E-state index contributed by atoms with van der Waals surface area (Å²) in [5.41, 5.74) is 5.79. The SMILES string of the molecule is Cc1ccc(N=C2C(=O)N(CN3CCC(c4ccccc4)C3)c3ccccc32)cc1. The van der Waals surface area contributed by atoms with Crippen molar-refractivity contribution in [3.8, 4) is 0 Å². The second-order valence-electron chi connectivity index (χ2n) is 8.16. The molecule has 4 heteroatoms. The summed E-state index contributed by atoms with van der Waals surface area (Å²) in [6.07, 6.45) is 1.12. The van der Waals surface area contributed by atoms with Crippen LogP contribution in [0, 0.1) is 6.92 Å². The number of likely N-dealkylation sites (tertiary alicyclic amines) is 1. The first-order valence-electron chi connectivity index (χ1n) is 10.5. The number of carbonyl (C=O) groups excluding carboxylic acids is 1. The van der Waals surface area contributed by atoms with Crippen LogP contribution in [0.1, 0.15) is 29.0 Å². The lowest BCUT2D eigenvalue weighted by atomic mass is 9.99. The zero-order valence-electron chi connectivity index (χ0n) is 17.2. The molecule has 0 aliphatic carbocycles. The number of hydrogen-bond acceptors (Lipinski definition) is 3. The van der Waals surface area contributed by atoms with Crippen LogP contribution in [0.3, 0.4) is 0 Å². The molecule has 0 spiro atoms. The quantitative estimate of drug-likeness (QED) is 0.629. The first-order valence-corrected chi connectivity index (χ1v) is 10.5. The number of fused-ring (bicyclic) bond motifs is 1. The molecule has 2 heterocycles. The third-order valence-electron chi connectivity index (χ3n) is 6.06. The third kappa shape index (κ3) is 3.55. The van der Waals surface area contributed by atoms with Crippen LogP contribution in [-0.4, -0.2) is 36.3 Å². The maximum atomic E-state index is 13.3. The van der Waals surface area contributed by atoms with Crippen molar-refractivity contribution < 1.29 is 4.79 Å². The van der Waals surface area contributed by atoms with Crippen LogP contribution < -0.4 is 4.90 Å². The molecular formula is C26H25N3O. The molecule has 2 aliphatic heterocycles. The average Bonchev–Trinajstić information content (AvgIpc) is 3.35. The van der Waals surface area contributed by atoms with Gasteiger partial charge in [-0.2, -0.15) is 0 Å². The second-order valence-corrected chi connectivity index (χ2v) is 8.16. The zero-order valence-corrected chi connectivity index (χ0v) is 17.2. The number of benzene rings is 3. The summed E-state index contributed by atoms with van der Waals surface area (Å²) in [7, 11) is 0. The van der Waals surface area contributed by atoms with Crippen LogP contribution in [0.5, 0.6) is 0 Å². The van der Waals surface area contributed by atoms with E-state index >= 15 is 0 Å². The Labute approximate surface area is 177 Å². The van der Waals surface area contributed by atoms with E-state index in [9.17, 15) is 4.79 Å². The number of aryl methyl sites for hydroxylation is 1. The van der Waals surface area contributed by atoms with Gasteiger partial charge >= 0.3 is 0 Å². The Balaban J connectivity index is 1.38. The van der Waals surface area contributed by atoms with Crippen LogP contribution in [0.15, 0.2) is 83.9 Å². The van der Waals surface area contributed by atoms with E-state index in [4.69, 9.17) is 4.99 Å². The van der Waals surface area contributed by atoms with Crippen molar-refractivity contribution in [3.05, 3.63) is 95.6 Å². The molecular weight excluding hydrogens is 370 g/mol. The molecule has 1 amide bonds. The van der Waals surface area contributed by atoms with Gasteiger partial charge in [0.25, 0.3) is 5.91 Å². The fourth-order valence-electron chi connectivity index (χ4n) is 4.42. The van der Waals surface area contributed by atoms with Crippen LogP contribution in [-0.2, 0) is 4.79 Å². The monoisotopic (exact) mass is 395 g/mol. The van der Waals surface area contributed by atoms with Gasteiger partial charge < -0.3 is 0 Å². The van der Waals surface area contributed by atoms with Crippen LogP contribution >= 0.6 is 0 Å². The van der Waals surface area contributed by atoms with E-state index in [1.807, 2.05) is 60.4 Å². The lowest BCUT2D eigenvalue weighted by molar-refractivity contribution is -0.112. The van der Waals surface area contributed by atoms with Crippen LogP contribution in [0.2, 0.25) is 0 Å². The lowest BCUT2D eigenvalue weighted by Gasteiger charge is -2.24. The predicted octanol–water partition coefficient (Wildman–Crippen LogP) is 4.91. The van der Waals surface area contributed by atoms with Gasteiger partial charge in [0, 0.05) is 18.7 Å². The molecule has 0 radical (unpaired) electrons. The standard InChI is InChI=1S/C26H25N3O/c1-19-11-13-22(14-12-19)27-25-23-9-5-6-10-24(23)29(26(25)30)18-28-16-15-21(17-28)20-7-3-2-4-8-20/h2-14,21H,15-18H2,1H3. The Bertz CT molecular complexity index is 1090. The highest BCUT2D eigenvalue weighted by molar-refractivity contribution is 6.54. The van der Waals surface area contributed by atoms with E-state index < -0.39 is 0 Å². The smallest absolute Gasteiger partial charge is 0.278 e. The van der Waals surface area contributed by atoms with Crippen molar-refractivity contribution in [1.82, 2.24) is 4.90 Å². The summed E-state index contributed by atoms with van der Waals surface area (Å²) in [6.45, 7) is 4.62. The number of rotatable bonds is 4. The molecule has 4 nitrogen and oxygen atoms in total. The first-order chi connectivity index (χ1) is 14.7. The molecule has 3 aromatic rings. The number of aliphatic imine (C=N–C) groups is 1. The maximum absolute atomic E-state index is 13.3. The molecule has 2 aliphatic rings. The van der Waals surface area contributed by atoms with E-state index in [-0.39, 0.29) is 5.91 Å². The highest BCUT2D eigenvalue weighted by Crippen LogP contribution is 2.33. The van der Waals surface area contributed by atoms with Crippen molar-refractivity contribution in [1.29, 1.82) is 0 Å². The van der Waals surface area contributed by atoms with Gasteiger partial charge in [0.15, 0.2) is 0 Å². The number of amides is 1. The largest absolute Gasteiger partial charge is 0.293 e. The van der Waals surface area contributed by atoms with Gasteiger partial charge in [-0.1, -0.05) is 66.2 Å². The van der Waals surface area contributed by atoms with Gasteiger partial charge in [-0.15, -0.1) is 0 Å². The summed E-state index contributed by atoms with van der Waals surface area (Å²) in [6, 6.07) is 26.6. The molecule has 0 aromatic heterocycles. The normalized spacial score (nSPS) is 20.2. The molecule has 0 saturated carbocycles. The second kappa shape index (κ2) is 7.88. The lowest BCUT2D eigenvalue weighted by Crippen LogP contribution is -2.40. The fourth-order valence-corrected chi connectivity index (χ4v) is 4.42. The highest BCUT2D eigenvalue weighted by atomic mass is 16.2. The van der Waals surface area contributed by atoms with E-state index in [2.05, 4.69) is 35.2 Å². The van der Waals surface area contributed by atoms with E-state index in [1.54, 1.807) is 0 Å². The molecule has 5 rings (SSSR count). The fraction of sp³-hybridized carbons (Fsp3) is 0.231. The molecule has 1 unspecified atom stereocenters. The molecule has 0 bridgehead atoms. The Kier molecular flexibility index (Phi) is 4.93. The molecule has 1 atom stereocenters. The minimum atomic E-state index is -0.0139. The van der Waals surface area contributed by atoms with Gasteiger partial charge in [0.05, 0.1) is 18.0 Å². The molecule has 3 aromatic carbocycles. The van der Waals surface area contributed by atoms with Crippen molar-refractivity contribution in [2.45, 2.75) is 19.3 Å². The van der Waals surface area contributed by atoms with Gasteiger partial charge in [0.2, 0.25) is 0 Å². The van der Waals surface area contributed by atoms with Crippen molar-refractivity contribution >= 4 is 23.0 Å². The van der Waals surface area contributed by atoms with E-state index in [0.29, 0.717) is 18.3 Å². The van der Waals surface area contributed by atoms with Gasteiger partial charge in [-0.25, -0.2) is 4.99 Å². The van der Waals surface area contributed by atoms with Crippen molar-refractivity contribution in [3.63, 3.8) is 0 Å². The molecule has 1 fully saturated rings. The zero-order chi connectivity index (χ0) is 20.5. The molecule has 150 valence electrons.